The Morgan fingerprint density at radius 1 is 1.38 bits per heavy atom. The van der Waals surface area contributed by atoms with Crippen molar-refractivity contribution in [2.75, 3.05) is 13.1 Å². The number of nitrogens with one attached hydrogen (secondary N) is 1. The Morgan fingerprint density at radius 3 is 2.50 bits per heavy atom. The molecule has 0 bridgehead atoms. The first-order valence-electron chi connectivity index (χ1n) is 6.01. The molecule has 0 rings (SSSR count). The fourth-order valence-corrected chi connectivity index (χ4v) is 1.57. The third-order valence-corrected chi connectivity index (χ3v) is 2.70. The van der Waals surface area contributed by atoms with Crippen molar-refractivity contribution in [3.63, 3.8) is 0 Å². The second-order valence-electron chi connectivity index (χ2n) is 5.13. The van der Waals surface area contributed by atoms with Crippen LogP contribution in [0.2, 0.25) is 0 Å². The van der Waals surface area contributed by atoms with Crippen LogP contribution in [0.4, 0.5) is 0 Å². The molecular formula is C13H25NO2. The maximum absolute atomic E-state index is 10.5. The topological polar surface area (TPSA) is 49.3 Å². The highest BCUT2D eigenvalue weighted by Gasteiger charge is 2.17. The lowest BCUT2D eigenvalue weighted by Gasteiger charge is -2.25. The predicted molar refractivity (Wildman–Crippen MR) is 67.6 cm³/mol. The quantitative estimate of drug-likeness (QED) is 0.470. The first-order valence-corrected chi connectivity index (χ1v) is 6.01. The summed E-state index contributed by atoms with van der Waals surface area (Å²) in [6.07, 6.45) is 4.92. The molecule has 0 aliphatic heterocycles. The minimum absolute atomic E-state index is 0.226. The van der Waals surface area contributed by atoms with E-state index in [-0.39, 0.29) is 11.0 Å². The molecule has 2 N–H and O–H groups in total. The highest BCUT2D eigenvalue weighted by molar-refractivity contribution is 5.86. The molecule has 0 heterocycles. The van der Waals surface area contributed by atoms with Gasteiger partial charge in [0.15, 0.2) is 0 Å². The summed E-state index contributed by atoms with van der Waals surface area (Å²) in [5.74, 6) is -0.920. The Kier molecular flexibility index (Phi) is 7.06. The maximum atomic E-state index is 10.5. The summed E-state index contributed by atoms with van der Waals surface area (Å²) in [7, 11) is 0. The van der Waals surface area contributed by atoms with Gasteiger partial charge < -0.3 is 10.4 Å². The normalized spacial score (nSPS) is 11.4. The van der Waals surface area contributed by atoms with Crippen molar-refractivity contribution in [3.05, 3.63) is 12.2 Å². The van der Waals surface area contributed by atoms with Gasteiger partial charge in [-0.3, -0.25) is 0 Å². The zero-order valence-corrected chi connectivity index (χ0v) is 10.8. The maximum Gasteiger partial charge on any atom is 0.332 e. The van der Waals surface area contributed by atoms with Gasteiger partial charge in [0.1, 0.15) is 0 Å². The third-order valence-electron chi connectivity index (χ3n) is 2.70. The molecule has 0 spiro atoms. The Morgan fingerprint density at radius 2 is 2.00 bits per heavy atom. The fourth-order valence-electron chi connectivity index (χ4n) is 1.57. The lowest BCUT2D eigenvalue weighted by molar-refractivity contribution is -0.132. The summed E-state index contributed by atoms with van der Waals surface area (Å²) in [5, 5.41) is 11.8. The van der Waals surface area contributed by atoms with E-state index in [1.165, 1.54) is 25.7 Å². The van der Waals surface area contributed by atoms with Gasteiger partial charge in [-0.25, -0.2) is 4.79 Å². The van der Waals surface area contributed by atoms with Crippen LogP contribution in [0.1, 0.15) is 46.5 Å². The van der Waals surface area contributed by atoms with E-state index < -0.39 is 5.97 Å². The Hall–Kier alpha value is -0.830. The Labute approximate surface area is 98.9 Å². The zero-order chi connectivity index (χ0) is 12.6. The van der Waals surface area contributed by atoms with Gasteiger partial charge in [0, 0.05) is 18.7 Å². The molecule has 0 aliphatic rings. The van der Waals surface area contributed by atoms with Crippen LogP contribution in [-0.4, -0.2) is 24.2 Å². The van der Waals surface area contributed by atoms with Crippen LogP contribution in [0.5, 0.6) is 0 Å². The molecule has 0 radical (unpaired) electrons. The van der Waals surface area contributed by atoms with Gasteiger partial charge in [0.05, 0.1) is 0 Å². The lowest BCUT2D eigenvalue weighted by atomic mass is 9.87. The number of unbranched alkanes of at least 4 members (excludes halogenated alkanes) is 2. The molecule has 0 aliphatic carbocycles. The molecule has 0 aromatic carbocycles. The average Bonchev–Trinajstić information content (AvgIpc) is 2.17. The summed E-state index contributed by atoms with van der Waals surface area (Å²) < 4.78 is 0. The molecule has 0 aromatic rings. The predicted octanol–water partition coefficient (Wildman–Crippen LogP) is 2.82. The zero-order valence-electron chi connectivity index (χ0n) is 10.8. The highest BCUT2D eigenvalue weighted by Crippen LogP contribution is 2.22. The molecule has 0 saturated heterocycles. The van der Waals surface area contributed by atoms with Gasteiger partial charge in [-0.1, -0.05) is 46.6 Å². The third kappa shape index (κ3) is 7.46. The smallest absolute Gasteiger partial charge is 0.332 e. The number of carboxylic acid groups (broad SMARTS) is 1. The summed E-state index contributed by atoms with van der Waals surface area (Å²) in [5.41, 5.74) is 0.456. The van der Waals surface area contributed by atoms with E-state index in [2.05, 4.69) is 32.7 Å². The van der Waals surface area contributed by atoms with Crippen LogP contribution >= 0.6 is 0 Å². The van der Waals surface area contributed by atoms with Crippen molar-refractivity contribution in [3.8, 4) is 0 Å². The van der Waals surface area contributed by atoms with E-state index in [1.54, 1.807) is 0 Å². The van der Waals surface area contributed by atoms with E-state index in [1.807, 2.05) is 0 Å². The van der Waals surface area contributed by atoms with Crippen LogP contribution in [0.15, 0.2) is 12.2 Å². The molecule has 0 unspecified atom stereocenters. The summed E-state index contributed by atoms with van der Waals surface area (Å²) in [6, 6.07) is 0. The Bertz CT molecular complexity index is 234. The van der Waals surface area contributed by atoms with E-state index in [4.69, 9.17) is 5.11 Å². The van der Waals surface area contributed by atoms with Gasteiger partial charge in [-0.15, -0.1) is 0 Å². The van der Waals surface area contributed by atoms with Crippen molar-refractivity contribution >= 4 is 5.97 Å². The monoisotopic (exact) mass is 227 g/mol. The van der Waals surface area contributed by atoms with Gasteiger partial charge >= 0.3 is 5.97 Å². The SMILES string of the molecule is C=C(CNCC(C)(C)CCCCC)C(=O)O. The van der Waals surface area contributed by atoms with Crippen molar-refractivity contribution in [2.24, 2.45) is 5.41 Å². The number of rotatable bonds is 9. The van der Waals surface area contributed by atoms with Crippen molar-refractivity contribution in [1.29, 1.82) is 0 Å². The number of carbonyl (C=O) groups is 1. The van der Waals surface area contributed by atoms with Gasteiger partial charge in [-0.2, -0.15) is 0 Å². The molecule has 0 atom stereocenters. The fraction of sp³-hybridized carbons (Fsp3) is 0.769. The lowest BCUT2D eigenvalue weighted by Crippen LogP contribution is -2.31. The molecular weight excluding hydrogens is 202 g/mol. The second-order valence-corrected chi connectivity index (χ2v) is 5.13. The van der Waals surface area contributed by atoms with Crippen molar-refractivity contribution < 1.29 is 9.90 Å². The Balaban J connectivity index is 3.73. The molecule has 3 heteroatoms. The van der Waals surface area contributed by atoms with Gasteiger partial charge in [-0.05, 0) is 11.8 Å². The molecule has 0 saturated carbocycles. The molecule has 94 valence electrons. The van der Waals surface area contributed by atoms with E-state index in [9.17, 15) is 4.79 Å². The van der Waals surface area contributed by atoms with Crippen LogP contribution in [0.25, 0.3) is 0 Å². The average molecular weight is 227 g/mol. The summed E-state index contributed by atoms with van der Waals surface area (Å²) in [6.45, 7) is 11.3. The first kappa shape index (κ1) is 15.2. The van der Waals surface area contributed by atoms with Gasteiger partial charge in [0.25, 0.3) is 0 Å². The highest BCUT2D eigenvalue weighted by atomic mass is 16.4. The van der Waals surface area contributed by atoms with Crippen molar-refractivity contribution in [2.45, 2.75) is 46.5 Å². The molecule has 16 heavy (non-hydrogen) atoms. The number of aliphatic carboxylic acids is 1. The van der Waals surface area contributed by atoms with Crippen molar-refractivity contribution in [1.82, 2.24) is 5.32 Å². The molecule has 0 aromatic heterocycles. The number of carboxylic acids is 1. The van der Waals surface area contributed by atoms with E-state index in [0.717, 1.165) is 6.54 Å². The van der Waals surface area contributed by atoms with Crippen LogP contribution in [-0.2, 0) is 4.79 Å². The second kappa shape index (κ2) is 7.44. The molecule has 3 nitrogen and oxygen atoms in total. The summed E-state index contributed by atoms with van der Waals surface area (Å²) >= 11 is 0. The summed E-state index contributed by atoms with van der Waals surface area (Å²) in [4.78, 5) is 10.5. The minimum atomic E-state index is -0.920. The van der Waals surface area contributed by atoms with E-state index >= 15 is 0 Å². The standard InChI is InChI=1S/C13H25NO2/c1-5-6-7-8-13(3,4)10-14-9-11(2)12(15)16/h14H,2,5-10H2,1,3-4H3,(H,15,16). The molecule has 0 amide bonds. The van der Waals surface area contributed by atoms with E-state index in [0.29, 0.717) is 6.54 Å². The van der Waals surface area contributed by atoms with Crippen LogP contribution in [0, 0.1) is 5.41 Å². The van der Waals surface area contributed by atoms with Gasteiger partial charge in [0.2, 0.25) is 0 Å². The largest absolute Gasteiger partial charge is 0.478 e. The number of hydrogen-bond donors (Lipinski definition) is 2. The molecule has 0 fully saturated rings. The van der Waals surface area contributed by atoms with Crippen LogP contribution in [0.3, 0.4) is 0 Å². The first-order chi connectivity index (χ1) is 7.39. The minimum Gasteiger partial charge on any atom is -0.478 e. The number of hydrogen-bond acceptors (Lipinski definition) is 2. The van der Waals surface area contributed by atoms with Crippen LogP contribution < -0.4 is 5.32 Å².